The van der Waals surface area contributed by atoms with Crippen molar-refractivity contribution in [2.45, 2.75) is 30.3 Å². The summed E-state index contributed by atoms with van der Waals surface area (Å²) >= 11 is 1.36. The molecule has 0 aliphatic rings. The van der Waals surface area contributed by atoms with Crippen LogP contribution in [0.5, 0.6) is 0 Å². The van der Waals surface area contributed by atoms with Crippen LogP contribution in [0.2, 0.25) is 0 Å². The van der Waals surface area contributed by atoms with Crippen LogP contribution in [-0.4, -0.2) is 13.4 Å². The van der Waals surface area contributed by atoms with Crippen molar-refractivity contribution in [1.29, 1.82) is 0 Å². The number of thiazole rings is 1. The fourth-order valence-electron chi connectivity index (χ4n) is 2.31. The molecule has 1 N–H and O–H groups in total. The normalized spacial score (nSPS) is 11.4. The largest absolute Gasteiger partial charge is 0.370 e. The van der Waals surface area contributed by atoms with Gasteiger partial charge >= 0.3 is 0 Å². The van der Waals surface area contributed by atoms with Gasteiger partial charge in [-0.05, 0) is 31.5 Å². The molecule has 0 radical (unpaired) electrons. The number of sulfone groups is 1. The van der Waals surface area contributed by atoms with Crippen molar-refractivity contribution in [1.82, 2.24) is 4.98 Å². The van der Waals surface area contributed by atoms with Crippen molar-refractivity contribution >= 4 is 26.2 Å². The van der Waals surface area contributed by atoms with Gasteiger partial charge in [0.1, 0.15) is 5.00 Å². The Morgan fingerprint density at radius 3 is 2.33 bits per heavy atom. The van der Waals surface area contributed by atoms with Crippen LogP contribution < -0.4 is 5.32 Å². The number of rotatable bonds is 5. The zero-order chi connectivity index (χ0) is 17.2. The van der Waals surface area contributed by atoms with Crippen molar-refractivity contribution in [2.24, 2.45) is 0 Å². The van der Waals surface area contributed by atoms with Gasteiger partial charge in [-0.15, -0.1) is 11.3 Å². The minimum Gasteiger partial charge on any atom is -0.370 e. The Kier molecular flexibility index (Phi) is 4.69. The molecule has 0 aliphatic carbocycles. The Morgan fingerprint density at radius 2 is 1.67 bits per heavy atom. The van der Waals surface area contributed by atoms with E-state index in [1.165, 1.54) is 11.3 Å². The number of nitrogens with zero attached hydrogens (tertiary/aromatic N) is 1. The number of anilines is 1. The van der Waals surface area contributed by atoms with Gasteiger partial charge in [0.05, 0.1) is 9.90 Å². The van der Waals surface area contributed by atoms with Crippen molar-refractivity contribution in [2.75, 3.05) is 5.32 Å². The Hall–Kier alpha value is -2.18. The molecule has 0 saturated heterocycles. The molecule has 6 heteroatoms. The van der Waals surface area contributed by atoms with E-state index in [4.69, 9.17) is 0 Å². The van der Waals surface area contributed by atoms with E-state index < -0.39 is 9.84 Å². The van der Waals surface area contributed by atoms with Crippen molar-refractivity contribution < 1.29 is 8.42 Å². The minimum atomic E-state index is -3.63. The van der Waals surface area contributed by atoms with E-state index in [9.17, 15) is 8.42 Å². The van der Waals surface area contributed by atoms with Crippen LogP contribution in [0.3, 0.4) is 0 Å². The molecule has 0 atom stereocenters. The molecule has 0 bridgehead atoms. The van der Waals surface area contributed by atoms with E-state index in [1.54, 1.807) is 24.3 Å². The number of benzene rings is 2. The second kappa shape index (κ2) is 6.75. The first-order chi connectivity index (χ1) is 11.5. The first-order valence-electron chi connectivity index (χ1n) is 7.54. The molecule has 3 aromatic rings. The Morgan fingerprint density at radius 1 is 1.00 bits per heavy atom. The standard InChI is InChI=1S/C18H18N2O2S2/c1-13-8-10-16(11-9-13)24(21,22)18-17(23-14(2)20-18)19-12-15-6-4-3-5-7-15/h3-11,19H,12H2,1-2H3. The van der Waals surface area contributed by atoms with E-state index in [0.717, 1.165) is 16.1 Å². The van der Waals surface area contributed by atoms with Gasteiger partial charge in [0.15, 0.2) is 5.03 Å². The number of hydrogen-bond acceptors (Lipinski definition) is 5. The minimum absolute atomic E-state index is 0.102. The number of hydrogen-bond donors (Lipinski definition) is 1. The predicted octanol–water partition coefficient (Wildman–Crippen LogP) is 4.20. The first-order valence-corrected chi connectivity index (χ1v) is 9.84. The average molecular weight is 358 g/mol. The molecule has 3 rings (SSSR count). The van der Waals surface area contributed by atoms with Crippen LogP contribution in [-0.2, 0) is 16.4 Å². The van der Waals surface area contributed by atoms with E-state index >= 15 is 0 Å². The van der Waals surface area contributed by atoms with Crippen LogP contribution >= 0.6 is 11.3 Å². The lowest BCUT2D eigenvalue weighted by Gasteiger charge is -2.07. The van der Waals surface area contributed by atoms with Gasteiger partial charge in [0.25, 0.3) is 0 Å². The van der Waals surface area contributed by atoms with Gasteiger partial charge in [-0.3, -0.25) is 0 Å². The maximum absolute atomic E-state index is 12.9. The lowest BCUT2D eigenvalue weighted by atomic mass is 10.2. The molecule has 0 spiro atoms. The summed E-state index contributed by atoms with van der Waals surface area (Å²) in [5, 5.41) is 4.62. The molecule has 2 aromatic carbocycles. The Labute approximate surface area is 146 Å². The number of nitrogens with one attached hydrogen (secondary N) is 1. The van der Waals surface area contributed by atoms with Crippen molar-refractivity contribution in [3.63, 3.8) is 0 Å². The maximum atomic E-state index is 12.9. The summed E-state index contributed by atoms with van der Waals surface area (Å²) in [6.07, 6.45) is 0. The summed E-state index contributed by atoms with van der Waals surface area (Å²) in [5.74, 6) is 0. The summed E-state index contributed by atoms with van der Waals surface area (Å²) in [4.78, 5) is 4.53. The highest BCUT2D eigenvalue weighted by Gasteiger charge is 2.25. The third-order valence-electron chi connectivity index (χ3n) is 3.58. The molecular formula is C18H18N2O2S2. The van der Waals surface area contributed by atoms with E-state index in [1.807, 2.05) is 44.2 Å². The monoisotopic (exact) mass is 358 g/mol. The molecule has 1 aromatic heterocycles. The smallest absolute Gasteiger partial charge is 0.226 e. The van der Waals surface area contributed by atoms with Crippen molar-refractivity contribution in [3.8, 4) is 0 Å². The van der Waals surface area contributed by atoms with Crippen molar-refractivity contribution in [3.05, 3.63) is 70.7 Å². The lowest BCUT2D eigenvalue weighted by molar-refractivity contribution is 0.593. The maximum Gasteiger partial charge on any atom is 0.226 e. The molecule has 124 valence electrons. The van der Waals surface area contributed by atoms with E-state index in [0.29, 0.717) is 11.5 Å². The van der Waals surface area contributed by atoms with Crippen LogP contribution in [0, 0.1) is 13.8 Å². The second-order valence-corrected chi connectivity index (χ2v) is 8.59. The fourth-order valence-corrected chi connectivity index (χ4v) is 4.82. The first kappa shape index (κ1) is 16.7. The van der Waals surface area contributed by atoms with Gasteiger partial charge in [-0.25, -0.2) is 13.4 Å². The highest BCUT2D eigenvalue weighted by atomic mass is 32.2. The van der Waals surface area contributed by atoms with Crippen LogP contribution in [0.1, 0.15) is 16.1 Å². The Bertz CT molecular complexity index is 931. The molecular weight excluding hydrogens is 340 g/mol. The molecule has 0 fully saturated rings. The fraction of sp³-hybridized carbons (Fsp3) is 0.167. The summed E-state index contributed by atoms with van der Waals surface area (Å²) in [6.45, 7) is 4.29. The second-order valence-electron chi connectivity index (χ2n) is 5.52. The third kappa shape index (κ3) is 3.49. The lowest BCUT2D eigenvalue weighted by Crippen LogP contribution is -2.07. The third-order valence-corrected chi connectivity index (χ3v) is 6.34. The molecule has 0 amide bonds. The number of aryl methyl sites for hydroxylation is 2. The van der Waals surface area contributed by atoms with E-state index in [-0.39, 0.29) is 9.92 Å². The van der Waals surface area contributed by atoms with E-state index in [2.05, 4.69) is 10.3 Å². The zero-order valence-electron chi connectivity index (χ0n) is 13.5. The molecule has 0 aliphatic heterocycles. The molecule has 24 heavy (non-hydrogen) atoms. The Balaban J connectivity index is 1.92. The van der Waals surface area contributed by atoms with Crippen LogP contribution in [0.4, 0.5) is 5.00 Å². The summed E-state index contributed by atoms with van der Waals surface area (Å²) < 4.78 is 25.8. The van der Waals surface area contributed by atoms with Gasteiger partial charge < -0.3 is 5.32 Å². The van der Waals surface area contributed by atoms with Gasteiger partial charge in [-0.1, -0.05) is 48.0 Å². The topological polar surface area (TPSA) is 59.1 Å². The molecule has 0 saturated carbocycles. The van der Waals surface area contributed by atoms with Crippen LogP contribution in [0.25, 0.3) is 0 Å². The number of aromatic nitrogens is 1. The highest BCUT2D eigenvalue weighted by Crippen LogP contribution is 2.32. The molecule has 0 unspecified atom stereocenters. The van der Waals surface area contributed by atoms with Gasteiger partial charge in [-0.2, -0.15) is 0 Å². The SMILES string of the molecule is Cc1ccc(S(=O)(=O)c2nc(C)sc2NCc2ccccc2)cc1. The van der Waals surface area contributed by atoms with Crippen LogP contribution in [0.15, 0.2) is 64.5 Å². The van der Waals surface area contributed by atoms with Gasteiger partial charge in [0.2, 0.25) is 9.84 Å². The van der Waals surface area contributed by atoms with Gasteiger partial charge in [0, 0.05) is 6.54 Å². The quantitative estimate of drug-likeness (QED) is 0.742. The summed E-state index contributed by atoms with van der Waals surface area (Å²) in [7, 11) is -3.63. The molecule has 1 heterocycles. The summed E-state index contributed by atoms with van der Waals surface area (Å²) in [5.41, 5.74) is 2.10. The zero-order valence-corrected chi connectivity index (χ0v) is 15.1. The molecule has 4 nitrogen and oxygen atoms in total. The summed E-state index contributed by atoms with van der Waals surface area (Å²) in [6, 6.07) is 16.7. The highest BCUT2D eigenvalue weighted by molar-refractivity contribution is 7.91. The average Bonchev–Trinajstić information content (AvgIpc) is 2.96. The predicted molar refractivity (Wildman–Crippen MR) is 97.3 cm³/mol.